The molecule has 1 aromatic rings. The molecular weight excluding hydrogens is 360 g/mol. The molecule has 1 saturated heterocycles. The minimum atomic E-state index is -4.34. The van der Waals surface area contributed by atoms with E-state index in [2.05, 4.69) is 17.1 Å². The maximum Gasteiger partial charge on any atom is 0.416 e. The predicted octanol–water partition coefficient (Wildman–Crippen LogP) is 5.31. The molecule has 1 N–H and O–H groups in total. The van der Waals surface area contributed by atoms with Gasteiger partial charge in [0.1, 0.15) is 0 Å². The molecule has 0 saturated carbocycles. The van der Waals surface area contributed by atoms with Gasteiger partial charge in [-0.15, -0.1) is 12.4 Å². The van der Waals surface area contributed by atoms with Crippen molar-refractivity contribution in [3.8, 4) is 0 Å². The maximum absolute atomic E-state index is 13.0. The van der Waals surface area contributed by atoms with Crippen molar-refractivity contribution in [2.45, 2.75) is 44.8 Å². The van der Waals surface area contributed by atoms with Gasteiger partial charge in [0.2, 0.25) is 0 Å². The van der Waals surface area contributed by atoms with Crippen LogP contribution in [0.3, 0.4) is 0 Å². The van der Waals surface area contributed by atoms with Gasteiger partial charge in [-0.1, -0.05) is 37.8 Å². The number of nitrogens with one attached hydrogen (secondary N) is 1. The Hall–Kier alpha value is -0.490. The van der Waals surface area contributed by atoms with Gasteiger partial charge in [0.15, 0.2) is 0 Å². The number of alkyl halides is 3. The largest absolute Gasteiger partial charge is 0.416 e. The third kappa shape index (κ3) is 5.80. The monoisotopic (exact) mass is 384 g/mol. The van der Waals surface area contributed by atoms with Crippen LogP contribution in [0.1, 0.15) is 49.8 Å². The predicted molar refractivity (Wildman–Crippen MR) is 95.0 cm³/mol. The molecule has 0 amide bonds. The van der Waals surface area contributed by atoms with Crippen LogP contribution in [-0.4, -0.2) is 31.1 Å². The molecule has 1 heterocycles. The van der Waals surface area contributed by atoms with Crippen molar-refractivity contribution in [3.05, 3.63) is 34.3 Å². The van der Waals surface area contributed by atoms with Crippen LogP contribution in [-0.2, 0) is 6.18 Å². The lowest BCUT2D eigenvalue weighted by molar-refractivity contribution is -0.137. The highest BCUT2D eigenvalue weighted by Gasteiger charge is 2.32. The van der Waals surface area contributed by atoms with Gasteiger partial charge >= 0.3 is 6.18 Å². The van der Waals surface area contributed by atoms with Gasteiger partial charge in [-0.3, -0.25) is 4.90 Å². The molecule has 1 atom stereocenters. The zero-order chi connectivity index (χ0) is 16.9. The summed E-state index contributed by atoms with van der Waals surface area (Å²) in [5.41, 5.74) is -0.00739. The van der Waals surface area contributed by atoms with Crippen molar-refractivity contribution >= 4 is 24.0 Å². The van der Waals surface area contributed by atoms with E-state index in [9.17, 15) is 13.2 Å². The van der Waals surface area contributed by atoms with E-state index < -0.39 is 11.7 Å². The first-order chi connectivity index (χ1) is 10.9. The lowest BCUT2D eigenvalue weighted by Gasteiger charge is -2.36. The van der Waals surface area contributed by atoms with Crippen molar-refractivity contribution in [1.29, 1.82) is 0 Å². The topological polar surface area (TPSA) is 15.3 Å². The second-order valence-electron chi connectivity index (χ2n) is 6.03. The van der Waals surface area contributed by atoms with Crippen LogP contribution in [0.15, 0.2) is 18.2 Å². The van der Waals surface area contributed by atoms with Crippen LogP contribution >= 0.6 is 24.0 Å². The normalized spacial score (nSPS) is 17.4. The lowest BCUT2D eigenvalue weighted by atomic mass is 9.96. The molecule has 0 radical (unpaired) electrons. The molecule has 1 aliphatic rings. The Kier molecular flexibility index (Phi) is 8.85. The smallest absolute Gasteiger partial charge is 0.314 e. The first kappa shape index (κ1) is 21.6. The molecule has 1 fully saturated rings. The van der Waals surface area contributed by atoms with Gasteiger partial charge in [0, 0.05) is 37.2 Å². The SMILES string of the molecule is CCCCC[C@H](c1cc(C(F)(F)F)ccc1Cl)N1CCNCC1.Cl. The van der Waals surface area contributed by atoms with E-state index in [0.717, 1.165) is 57.9 Å². The van der Waals surface area contributed by atoms with E-state index >= 15 is 0 Å². The summed E-state index contributed by atoms with van der Waals surface area (Å²) in [7, 11) is 0. The highest BCUT2D eigenvalue weighted by molar-refractivity contribution is 6.31. The first-order valence-electron chi connectivity index (χ1n) is 8.25. The van der Waals surface area contributed by atoms with E-state index in [4.69, 9.17) is 11.6 Å². The number of piperazine rings is 1. The van der Waals surface area contributed by atoms with E-state index in [1.54, 1.807) is 0 Å². The van der Waals surface area contributed by atoms with Crippen molar-refractivity contribution < 1.29 is 13.2 Å². The number of hydrogen-bond acceptors (Lipinski definition) is 2. The number of benzene rings is 1. The van der Waals surface area contributed by atoms with Crippen molar-refractivity contribution in [1.82, 2.24) is 10.2 Å². The molecule has 2 nitrogen and oxygen atoms in total. The number of halogens is 5. The summed E-state index contributed by atoms with van der Waals surface area (Å²) in [4.78, 5) is 2.26. The minimum absolute atomic E-state index is 0. The van der Waals surface area contributed by atoms with Crippen LogP contribution in [0.4, 0.5) is 13.2 Å². The zero-order valence-electron chi connectivity index (χ0n) is 13.8. The Morgan fingerprint density at radius 3 is 2.46 bits per heavy atom. The zero-order valence-corrected chi connectivity index (χ0v) is 15.4. The fourth-order valence-electron chi connectivity index (χ4n) is 3.09. The van der Waals surface area contributed by atoms with Crippen LogP contribution in [0.2, 0.25) is 5.02 Å². The second kappa shape index (κ2) is 9.85. The van der Waals surface area contributed by atoms with Crippen LogP contribution in [0, 0.1) is 0 Å². The fraction of sp³-hybridized carbons (Fsp3) is 0.647. The summed E-state index contributed by atoms with van der Waals surface area (Å²) < 4.78 is 39.1. The van der Waals surface area contributed by atoms with Gasteiger partial charge in [0.25, 0.3) is 0 Å². The van der Waals surface area contributed by atoms with Crippen molar-refractivity contribution in [3.63, 3.8) is 0 Å². The van der Waals surface area contributed by atoms with Crippen molar-refractivity contribution in [2.24, 2.45) is 0 Å². The highest BCUT2D eigenvalue weighted by atomic mass is 35.5. The van der Waals surface area contributed by atoms with E-state index in [1.807, 2.05) is 0 Å². The summed E-state index contributed by atoms with van der Waals surface area (Å²) in [5, 5.41) is 3.71. The van der Waals surface area contributed by atoms with Crippen LogP contribution in [0.25, 0.3) is 0 Å². The molecule has 138 valence electrons. The van der Waals surface area contributed by atoms with E-state index in [1.165, 1.54) is 12.1 Å². The molecule has 0 bridgehead atoms. The Balaban J connectivity index is 0.00000288. The molecule has 0 aliphatic carbocycles. The molecule has 0 unspecified atom stereocenters. The van der Waals surface area contributed by atoms with Gasteiger partial charge in [-0.2, -0.15) is 13.2 Å². The number of rotatable bonds is 6. The maximum atomic E-state index is 13.0. The molecule has 0 spiro atoms. The summed E-state index contributed by atoms with van der Waals surface area (Å²) >= 11 is 6.26. The van der Waals surface area contributed by atoms with Gasteiger partial charge in [-0.05, 0) is 30.2 Å². The third-order valence-corrected chi connectivity index (χ3v) is 4.70. The Morgan fingerprint density at radius 1 is 1.21 bits per heavy atom. The van der Waals surface area contributed by atoms with Crippen LogP contribution in [0.5, 0.6) is 0 Å². The van der Waals surface area contributed by atoms with E-state index in [0.29, 0.717) is 10.6 Å². The highest BCUT2D eigenvalue weighted by Crippen LogP contribution is 2.37. The average molecular weight is 385 g/mol. The van der Waals surface area contributed by atoms with Gasteiger partial charge in [-0.25, -0.2) is 0 Å². The number of unbranched alkanes of at least 4 members (excludes halogenated alkanes) is 2. The molecule has 24 heavy (non-hydrogen) atoms. The Morgan fingerprint density at radius 2 is 1.88 bits per heavy atom. The summed E-state index contributed by atoms with van der Waals surface area (Å²) in [6, 6.07) is 3.64. The van der Waals surface area contributed by atoms with Gasteiger partial charge in [0.05, 0.1) is 5.56 Å². The van der Waals surface area contributed by atoms with Crippen LogP contribution < -0.4 is 5.32 Å². The quantitative estimate of drug-likeness (QED) is 0.668. The summed E-state index contributed by atoms with van der Waals surface area (Å²) in [6.07, 6.45) is -0.326. The molecule has 1 aromatic carbocycles. The number of nitrogens with zero attached hydrogens (tertiary/aromatic N) is 1. The summed E-state index contributed by atoms with van der Waals surface area (Å²) in [5.74, 6) is 0. The van der Waals surface area contributed by atoms with Crippen molar-refractivity contribution in [2.75, 3.05) is 26.2 Å². The summed E-state index contributed by atoms with van der Waals surface area (Å²) in [6.45, 7) is 5.52. The molecule has 1 aliphatic heterocycles. The molecule has 7 heteroatoms. The Bertz CT molecular complexity index is 503. The Labute approximate surface area is 153 Å². The molecule has 2 rings (SSSR count). The number of hydrogen-bond donors (Lipinski definition) is 1. The first-order valence-corrected chi connectivity index (χ1v) is 8.62. The standard InChI is InChI=1S/C17H24ClF3N2.ClH/c1-2-3-4-5-16(23-10-8-22-9-11-23)14-12-13(17(19,20)21)6-7-15(14)18;/h6-7,12,16,22H,2-5,8-11H2,1H3;1H/t16-;/m1./s1. The van der Waals surface area contributed by atoms with Gasteiger partial charge < -0.3 is 5.32 Å². The fourth-order valence-corrected chi connectivity index (χ4v) is 3.34. The average Bonchev–Trinajstić information content (AvgIpc) is 2.52. The molecule has 0 aromatic heterocycles. The van der Waals surface area contributed by atoms with E-state index in [-0.39, 0.29) is 18.4 Å². The second-order valence-corrected chi connectivity index (χ2v) is 6.44. The lowest BCUT2D eigenvalue weighted by Crippen LogP contribution is -2.45. The third-order valence-electron chi connectivity index (χ3n) is 4.36. The molecular formula is C17H25Cl2F3N2. The minimum Gasteiger partial charge on any atom is -0.314 e.